The van der Waals surface area contributed by atoms with Gasteiger partial charge in [-0.05, 0) is 38.8 Å². The third-order valence-corrected chi connectivity index (χ3v) is 3.08. The zero-order valence-corrected chi connectivity index (χ0v) is 11.5. The van der Waals surface area contributed by atoms with E-state index >= 15 is 0 Å². The Morgan fingerprint density at radius 3 is 2.74 bits per heavy atom. The van der Waals surface area contributed by atoms with Gasteiger partial charge in [0.25, 0.3) is 0 Å². The van der Waals surface area contributed by atoms with E-state index in [4.69, 9.17) is 0 Å². The minimum atomic E-state index is -4.03. The first kappa shape index (κ1) is 16.0. The number of unbranched alkanes of at least 4 members (excludes halogenated alkanes) is 1. The second-order valence-corrected chi connectivity index (χ2v) is 4.79. The van der Waals surface area contributed by atoms with Crippen LogP contribution in [-0.2, 0) is 6.54 Å². The molecule has 110 valence electrons. The summed E-state index contributed by atoms with van der Waals surface area (Å²) in [6.07, 6.45) is -1.06. The van der Waals surface area contributed by atoms with E-state index in [1.54, 1.807) is 0 Å². The Labute approximate surface area is 112 Å². The number of alkyl halides is 3. The summed E-state index contributed by atoms with van der Waals surface area (Å²) in [7, 11) is 0. The smallest absolute Gasteiger partial charge is 0.311 e. The van der Waals surface area contributed by atoms with Crippen LogP contribution in [-0.4, -0.2) is 22.5 Å². The van der Waals surface area contributed by atoms with Gasteiger partial charge in [0.05, 0.1) is 5.69 Å². The molecule has 6 heteroatoms. The Morgan fingerprint density at radius 2 is 2.11 bits per heavy atom. The average Bonchev–Trinajstić information content (AvgIpc) is 2.80. The van der Waals surface area contributed by atoms with Crippen molar-refractivity contribution >= 4 is 0 Å². The quantitative estimate of drug-likeness (QED) is 0.735. The van der Waals surface area contributed by atoms with Crippen molar-refractivity contribution in [2.75, 3.05) is 6.54 Å². The molecular formula is C13H22F3N3. The van der Waals surface area contributed by atoms with Crippen LogP contribution in [0, 0.1) is 0 Å². The summed E-state index contributed by atoms with van der Waals surface area (Å²) in [6, 6.07) is 2.31. The predicted molar refractivity (Wildman–Crippen MR) is 68.8 cm³/mol. The molecule has 1 heterocycles. The first-order valence-electron chi connectivity index (χ1n) is 6.74. The minimum Gasteiger partial charge on any atom is -0.311 e. The molecule has 3 nitrogen and oxygen atoms in total. The average molecular weight is 277 g/mol. The van der Waals surface area contributed by atoms with E-state index in [-0.39, 0.29) is 6.42 Å². The second-order valence-electron chi connectivity index (χ2n) is 4.79. The minimum absolute atomic E-state index is 0.178. The Hall–Kier alpha value is -1.04. The molecule has 0 saturated carbocycles. The van der Waals surface area contributed by atoms with Crippen LogP contribution in [0.3, 0.4) is 0 Å². The molecule has 1 unspecified atom stereocenters. The molecule has 0 aliphatic rings. The molecule has 0 fully saturated rings. The molecule has 0 aliphatic carbocycles. The highest BCUT2D eigenvalue weighted by Gasteiger charge is 2.25. The van der Waals surface area contributed by atoms with Gasteiger partial charge in [0.2, 0.25) is 0 Å². The largest absolute Gasteiger partial charge is 0.389 e. The highest BCUT2D eigenvalue weighted by Crippen LogP contribution is 2.21. The molecular weight excluding hydrogens is 255 g/mol. The molecule has 19 heavy (non-hydrogen) atoms. The van der Waals surface area contributed by atoms with Crippen LogP contribution in [0.2, 0.25) is 0 Å². The molecule has 0 radical (unpaired) electrons. The van der Waals surface area contributed by atoms with Crippen molar-refractivity contribution in [3.8, 4) is 0 Å². The fraction of sp³-hybridized carbons (Fsp3) is 0.769. The van der Waals surface area contributed by atoms with E-state index in [0.29, 0.717) is 25.6 Å². The van der Waals surface area contributed by atoms with Gasteiger partial charge in [-0.25, -0.2) is 0 Å². The normalized spacial score (nSPS) is 13.7. The Bertz CT molecular complexity index is 360. The second kappa shape index (κ2) is 7.53. The van der Waals surface area contributed by atoms with Crippen molar-refractivity contribution in [1.29, 1.82) is 0 Å². The van der Waals surface area contributed by atoms with Crippen molar-refractivity contribution < 1.29 is 13.2 Å². The maximum atomic E-state index is 11.9. The highest BCUT2D eigenvalue weighted by molar-refractivity contribution is 4.99. The van der Waals surface area contributed by atoms with Crippen molar-refractivity contribution in [1.82, 2.24) is 15.1 Å². The Balaban J connectivity index is 2.14. The van der Waals surface area contributed by atoms with Gasteiger partial charge in [0, 0.05) is 25.2 Å². The fourth-order valence-electron chi connectivity index (χ4n) is 1.70. The third kappa shape index (κ3) is 6.61. The molecule has 0 aromatic carbocycles. The van der Waals surface area contributed by atoms with Gasteiger partial charge in [-0.3, -0.25) is 4.68 Å². The van der Waals surface area contributed by atoms with Crippen LogP contribution in [0.4, 0.5) is 13.2 Å². The van der Waals surface area contributed by atoms with Gasteiger partial charge in [-0.2, -0.15) is 18.3 Å². The van der Waals surface area contributed by atoms with Crippen LogP contribution in [0.25, 0.3) is 0 Å². The van der Waals surface area contributed by atoms with Gasteiger partial charge in [-0.1, -0.05) is 6.92 Å². The molecule has 1 N–H and O–H groups in total. The van der Waals surface area contributed by atoms with Crippen LogP contribution in [0.15, 0.2) is 12.3 Å². The van der Waals surface area contributed by atoms with E-state index in [9.17, 15) is 13.2 Å². The van der Waals surface area contributed by atoms with Crippen LogP contribution < -0.4 is 5.32 Å². The summed E-state index contributed by atoms with van der Waals surface area (Å²) in [5.74, 6) is 0. The zero-order valence-electron chi connectivity index (χ0n) is 11.5. The maximum Gasteiger partial charge on any atom is 0.389 e. The maximum absolute atomic E-state index is 11.9. The van der Waals surface area contributed by atoms with E-state index in [1.165, 1.54) is 0 Å². The van der Waals surface area contributed by atoms with Crippen LogP contribution in [0.1, 0.15) is 51.3 Å². The molecule has 0 saturated heterocycles. The predicted octanol–water partition coefficient (Wildman–Crippen LogP) is 3.68. The third-order valence-electron chi connectivity index (χ3n) is 3.08. The van der Waals surface area contributed by atoms with Crippen molar-refractivity contribution in [3.63, 3.8) is 0 Å². The SMILES string of the molecule is CCC(C)n1ccc(CNCCCCC(F)(F)F)n1. The van der Waals surface area contributed by atoms with E-state index in [0.717, 1.165) is 12.1 Å². The monoisotopic (exact) mass is 277 g/mol. The summed E-state index contributed by atoms with van der Waals surface area (Å²) in [4.78, 5) is 0. The van der Waals surface area contributed by atoms with Gasteiger partial charge in [-0.15, -0.1) is 0 Å². The fourth-order valence-corrected chi connectivity index (χ4v) is 1.70. The lowest BCUT2D eigenvalue weighted by Crippen LogP contribution is -2.16. The molecule has 0 amide bonds. The number of hydrogen-bond donors (Lipinski definition) is 1. The molecule has 1 aromatic heterocycles. The summed E-state index contributed by atoms with van der Waals surface area (Å²) in [5, 5.41) is 7.53. The Morgan fingerprint density at radius 1 is 1.37 bits per heavy atom. The van der Waals surface area contributed by atoms with Crippen LogP contribution in [0.5, 0.6) is 0 Å². The summed E-state index contributed by atoms with van der Waals surface area (Å²) in [6.45, 7) is 5.40. The zero-order chi connectivity index (χ0) is 14.3. The number of hydrogen-bond acceptors (Lipinski definition) is 2. The van der Waals surface area contributed by atoms with Crippen molar-refractivity contribution in [3.05, 3.63) is 18.0 Å². The molecule has 1 atom stereocenters. The molecule has 1 rings (SSSR count). The number of rotatable bonds is 8. The lowest BCUT2D eigenvalue weighted by atomic mass is 10.2. The van der Waals surface area contributed by atoms with E-state index in [2.05, 4.69) is 24.3 Å². The first-order valence-corrected chi connectivity index (χ1v) is 6.74. The van der Waals surface area contributed by atoms with Crippen LogP contribution >= 0.6 is 0 Å². The highest BCUT2D eigenvalue weighted by atomic mass is 19.4. The standard InChI is InChI=1S/C13H22F3N3/c1-3-11(2)19-9-6-12(18-19)10-17-8-5-4-7-13(14,15)16/h6,9,11,17H,3-5,7-8,10H2,1-2H3. The lowest BCUT2D eigenvalue weighted by Gasteiger charge is -2.08. The van der Waals surface area contributed by atoms with E-state index in [1.807, 2.05) is 16.9 Å². The number of nitrogens with zero attached hydrogens (tertiary/aromatic N) is 2. The first-order chi connectivity index (χ1) is 8.92. The topological polar surface area (TPSA) is 29.9 Å². The van der Waals surface area contributed by atoms with E-state index < -0.39 is 12.6 Å². The molecule has 0 bridgehead atoms. The van der Waals surface area contributed by atoms with Gasteiger partial charge >= 0.3 is 6.18 Å². The van der Waals surface area contributed by atoms with Crippen molar-refractivity contribution in [2.24, 2.45) is 0 Å². The number of aromatic nitrogens is 2. The summed E-state index contributed by atoms with van der Waals surface area (Å²) in [5.41, 5.74) is 0.927. The Kier molecular flexibility index (Phi) is 6.34. The molecule has 0 aliphatic heterocycles. The summed E-state index contributed by atoms with van der Waals surface area (Å²) < 4.78 is 37.6. The van der Waals surface area contributed by atoms with Crippen molar-refractivity contribution in [2.45, 2.75) is 58.3 Å². The lowest BCUT2D eigenvalue weighted by molar-refractivity contribution is -0.135. The number of halogens is 3. The molecule has 1 aromatic rings. The number of nitrogens with one attached hydrogen (secondary N) is 1. The van der Waals surface area contributed by atoms with Gasteiger partial charge in [0.15, 0.2) is 0 Å². The molecule has 0 spiro atoms. The van der Waals surface area contributed by atoms with Gasteiger partial charge in [0.1, 0.15) is 0 Å². The van der Waals surface area contributed by atoms with Gasteiger partial charge < -0.3 is 5.32 Å². The summed E-state index contributed by atoms with van der Waals surface area (Å²) >= 11 is 0.